The molecule has 1 atom stereocenters. The van der Waals surface area contributed by atoms with Crippen LogP contribution in [0, 0.1) is 0 Å². The summed E-state index contributed by atoms with van der Waals surface area (Å²) in [5.41, 5.74) is 4.18. The van der Waals surface area contributed by atoms with Gasteiger partial charge in [0.25, 0.3) is 0 Å². The van der Waals surface area contributed by atoms with Crippen LogP contribution in [-0.4, -0.2) is 27.5 Å². The van der Waals surface area contributed by atoms with Crippen LogP contribution < -0.4 is 10.6 Å². The average molecular weight is 347 g/mol. The summed E-state index contributed by atoms with van der Waals surface area (Å²) >= 11 is 0. The molecular weight excluding hydrogens is 326 g/mol. The summed E-state index contributed by atoms with van der Waals surface area (Å²) in [7, 11) is 0. The molecule has 1 unspecified atom stereocenters. The van der Waals surface area contributed by atoms with Crippen LogP contribution in [0.5, 0.6) is 0 Å². The number of H-pyrrole nitrogens is 2. The highest BCUT2D eigenvalue weighted by Crippen LogP contribution is 2.18. The Labute approximate surface area is 151 Å². The summed E-state index contributed by atoms with van der Waals surface area (Å²) in [5.74, 6) is 0.748. The topological polar surface area (TPSA) is 85.6 Å². The van der Waals surface area contributed by atoms with E-state index in [0.29, 0.717) is 6.54 Å². The Morgan fingerprint density at radius 1 is 1.12 bits per heavy atom. The lowest BCUT2D eigenvalue weighted by molar-refractivity contribution is 0.237. The first-order valence-electron chi connectivity index (χ1n) is 8.75. The first kappa shape index (κ1) is 16.2. The second-order valence-electron chi connectivity index (χ2n) is 6.37. The summed E-state index contributed by atoms with van der Waals surface area (Å²) in [4.78, 5) is 23.2. The molecule has 0 saturated heterocycles. The summed E-state index contributed by atoms with van der Waals surface area (Å²) < 4.78 is 0. The van der Waals surface area contributed by atoms with E-state index < -0.39 is 0 Å². The number of hydrogen-bond acceptors (Lipinski definition) is 2. The highest BCUT2D eigenvalue weighted by molar-refractivity contribution is 5.83. The molecule has 0 spiro atoms. The third kappa shape index (κ3) is 3.26. The highest BCUT2D eigenvalue weighted by Gasteiger charge is 2.13. The predicted molar refractivity (Wildman–Crippen MR) is 103 cm³/mol. The second kappa shape index (κ2) is 6.92. The van der Waals surface area contributed by atoms with Crippen LogP contribution in [0.25, 0.3) is 21.9 Å². The lowest BCUT2D eigenvalue weighted by atomic mass is 10.1. The van der Waals surface area contributed by atoms with Gasteiger partial charge in [0, 0.05) is 23.6 Å². The molecule has 132 valence electrons. The number of rotatable bonds is 5. The van der Waals surface area contributed by atoms with Gasteiger partial charge in [0.15, 0.2) is 0 Å². The lowest BCUT2D eigenvalue weighted by Crippen LogP contribution is -2.38. The van der Waals surface area contributed by atoms with Gasteiger partial charge in [0.2, 0.25) is 0 Å². The van der Waals surface area contributed by atoms with Gasteiger partial charge in [-0.15, -0.1) is 0 Å². The SMILES string of the molecule is CC(NC(=O)NCCc1c[nH]c2ccccc12)c1nc2ccccc2[nH]1. The van der Waals surface area contributed by atoms with Crippen molar-refractivity contribution in [3.05, 3.63) is 66.1 Å². The van der Waals surface area contributed by atoms with Gasteiger partial charge >= 0.3 is 6.03 Å². The van der Waals surface area contributed by atoms with Crippen molar-refractivity contribution in [3.63, 3.8) is 0 Å². The number of fused-ring (bicyclic) bond motifs is 2. The van der Waals surface area contributed by atoms with E-state index in [1.807, 2.05) is 55.6 Å². The Balaban J connectivity index is 1.32. The van der Waals surface area contributed by atoms with Crippen molar-refractivity contribution < 1.29 is 4.79 Å². The van der Waals surface area contributed by atoms with Gasteiger partial charge in [0.1, 0.15) is 5.82 Å². The number of hydrogen-bond donors (Lipinski definition) is 4. The summed E-state index contributed by atoms with van der Waals surface area (Å²) in [6, 6.07) is 15.6. The third-order valence-corrected chi connectivity index (χ3v) is 4.52. The predicted octanol–water partition coefficient (Wildman–Crippen LogP) is 3.65. The van der Waals surface area contributed by atoms with Crippen LogP contribution in [0.1, 0.15) is 24.4 Å². The maximum Gasteiger partial charge on any atom is 0.315 e. The number of amides is 2. The lowest BCUT2D eigenvalue weighted by Gasteiger charge is -2.12. The zero-order valence-electron chi connectivity index (χ0n) is 14.5. The minimum Gasteiger partial charge on any atom is -0.361 e. The quantitative estimate of drug-likeness (QED) is 0.444. The van der Waals surface area contributed by atoms with E-state index in [-0.39, 0.29) is 12.1 Å². The standard InChI is InChI=1S/C20H21N5O/c1-13(19-24-17-8-4-5-9-18(17)25-19)23-20(26)21-11-10-14-12-22-16-7-3-2-6-15(14)16/h2-9,12-13,22H,10-11H2,1H3,(H,24,25)(H2,21,23,26). The molecule has 0 aliphatic heterocycles. The number of imidazole rings is 1. The Hall–Kier alpha value is -3.28. The van der Waals surface area contributed by atoms with Crippen molar-refractivity contribution in [2.75, 3.05) is 6.54 Å². The zero-order valence-corrected chi connectivity index (χ0v) is 14.5. The number of carbonyl (C=O) groups is 1. The maximum absolute atomic E-state index is 12.2. The fourth-order valence-corrected chi connectivity index (χ4v) is 3.14. The van der Waals surface area contributed by atoms with Crippen LogP contribution >= 0.6 is 0 Å². The van der Waals surface area contributed by atoms with E-state index in [0.717, 1.165) is 28.8 Å². The van der Waals surface area contributed by atoms with Crippen LogP contribution in [0.15, 0.2) is 54.7 Å². The van der Waals surface area contributed by atoms with E-state index in [2.05, 4.69) is 31.7 Å². The first-order valence-corrected chi connectivity index (χ1v) is 8.75. The number of urea groups is 1. The van der Waals surface area contributed by atoms with Crippen molar-refractivity contribution in [2.45, 2.75) is 19.4 Å². The van der Waals surface area contributed by atoms with Crippen molar-refractivity contribution in [1.29, 1.82) is 0 Å². The second-order valence-corrected chi connectivity index (χ2v) is 6.37. The number of carbonyl (C=O) groups excluding carboxylic acids is 1. The highest BCUT2D eigenvalue weighted by atomic mass is 16.2. The van der Waals surface area contributed by atoms with E-state index in [1.165, 1.54) is 10.9 Å². The summed E-state index contributed by atoms with van der Waals surface area (Å²) in [6.45, 7) is 2.48. The Morgan fingerprint density at radius 3 is 2.73 bits per heavy atom. The van der Waals surface area contributed by atoms with Crippen LogP contribution in [-0.2, 0) is 6.42 Å². The molecule has 2 amide bonds. The monoisotopic (exact) mass is 347 g/mol. The Bertz CT molecular complexity index is 1020. The van der Waals surface area contributed by atoms with E-state index in [4.69, 9.17) is 0 Å². The molecule has 0 bridgehead atoms. The van der Waals surface area contributed by atoms with E-state index in [9.17, 15) is 4.79 Å². The largest absolute Gasteiger partial charge is 0.361 e. The molecule has 26 heavy (non-hydrogen) atoms. The van der Waals surface area contributed by atoms with Gasteiger partial charge < -0.3 is 20.6 Å². The molecule has 0 radical (unpaired) electrons. The average Bonchev–Trinajstić information content (AvgIpc) is 3.26. The number of nitrogens with one attached hydrogen (secondary N) is 4. The minimum atomic E-state index is -0.199. The summed E-state index contributed by atoms with van der Waals surface area (Å²) in [5, 5.41) is 7.04. The van der Waals surface area contributed by atoms with Gasteiger partial charge in [-0.3, -0.25) is 0 Å². The van der Waals surface area contributed by atoms with Crippen molar-refractivity contribution >= 4 is 28.0 Å². The minimum absolute atomic E-state index is 0.196. The zero-order chi connectivity index (χ0) is 17.9. The van der Waals surface area contributed by atoms with Crippen molar-refractivity contribution in [2.24, 2.45) is 0 Å². The molecule has 2 aromatic heterocycles. The normalized spacial score (nSPS) is 12.3. The maximum atomic E-state index is 12.2. The molecule has 0 saturated carbocycles. The molecule has 6 heteroatoms. The number of benzene rings is 2. The van der Waals surface area contributed by atoms with Gasteiger partial charge in [-0.05, 0) is 37.1 Å². The van der Waals surface area contributed by atoms with Crippen LogP contribution in [0.2, 0.25) is 0 Å². The molecule has 0 fully saturated rings. The van der Waals surface area contributed by atoms with Gasteiger partial charge in [0.05, 0.1) is 17.1 Å². The van der Waals surface area contributed by atoms with Gasteiger partial charge in [-0.1, -0.05) is 30.3 Å². The molecule has 2 heterocycles. The first-order chi connectivity index (χ1) is 12.7. The fourth-order valence-electron chi connectivity index (χ4n) is 3.14. The van der Waals surface area contributed by atoms with Crippen LogP contribution in [0.4, 0.5) is 4.79 Å². The molecule has 4 aromatic rings. The van der Waals surface area contributed by atoms with Crippen molar-refractivity contribution in [3.8, 4) is 0 Å². The third-order valence-electron chi connectivity index (χ3n) is 4.52. The molecule has 4 rings (SSSR count). The number of aromatic amines is 2. The van der Waals surface area contributed by atoms with Gasteiger partial charge in [-0.2, -0.15) is 0 Å². The summed E-state index contributed by atoms with van der Waals surface area (Å²) in [6.07, 6.45) is 2.78. The van der Waals surface area contributed by atoms with Gasteiger partial charge in [-0.25, -0.2) is 9.78 Å². The molecule has 4 N–H and O–H groups in total. The molecular formula is C20H21N5O. The Morgan fingerprint density at radius 2 is 1.88 bits per heavy atom. The number of nitrogens with zero attached hydrogens (tertiary/aromatic N) is 1. The molecule has 2 aromatic carbocycles. The molecule has 6 nitrogen and oxygen atoms in total. The smallest absolute Gasteiger partial charge is 0.315 e. The molecule has 0 aliphatic carbocycles. The van der Waals surface area contributed by atoms with E-state index >= 15 is 0 Å². The molecule has 0 aliphatic rings. The van der Waals surface area contributed by atoms with Crippen molar-refractivity contribution in [1.82, 2.24) is 25.6 Å². The Kier molecular flexibility index (Phi) is 4.31. The van der Waals surface area contributed by atoms with E-state index in [1.54, 1.807) is 0 Å². The number of para-hydroxylation sites is 3. The van der Waals surface area contributed by atoms with Crippen LogP contribution in [0.3, 0.4) is 0 Å². The number of aromatic nitrogens is 3. The fraction of sp³-hybridized carbons (Fsp3) is 0.200.